The number of aromatic nitrogens is 2. The van der Waals surface area contributed by atoms with Gasteiger partial charge in [-0.2, -0.15) is 5.10 Å². The Labute approximate surface area is 133 Å². The minimum absolute atomic E-state index is 0.146. The van der Waals surface area contributed by atoms with Gasteiger partial charge in [0.15, 0.2) is 0 Å². The number of anilines is 1. The van der Waals surface area contributed by atoms with Gasteiger partial charge in [-0.25, -0.2) is 9.18 Å². The summed E-state index contributed by atoms with van der Waals surface area (Å²) in [7, 11) is 0. The minimum atomic E-state index is -0.454. The number of nitrogens with one attached hydrogen (secondary N) is 1. The lowest BCUT2D eigenvalue weighted by Gasteiger charge is -2.32. The van der Waals surface area contributed by atoms with E-state index in [0.717, 1.165) is 12.8 Å². The van der Waals surface area contributed by atoms with Crippen LogP contribution in [-0.4, -0.2) is 40.3 Å². The van der Waals surface area contributed by atoms with Crippen molar-refractivity contribution in [3.05, 3.63) is 48.4 Å². The van der Waals surface area contributed by atoms with E-state index in [-0.39, 0.29) is 17.8 Å². The fourth-order valence-electron chi connectivity index (χ4n) is 2.50. The van der Waals surface area contributed by atoms with E-state index in [0.29, 0.717) is 19.0 Å². The van der Waals surface area contributed by atoms with Crippen LogP contribution in [0.3, 0.4) is 0 Å². The number of urea groups is 1. The van der Waals surface area contributed by atoms with Crippen molar-refractivity contribution in [3.63, 3.8) is 0 Å². The summed E-state index contributed by atoms with van der Waals surface area (Å²) in [5, 5.41) is 10.2. The number of hydrogen-bond acceptors (Lipinski definition) is 4. The molecular weight excluding hydrogens is 299 g/mol. The zero-order valence-electron chi connectivity index (χ0n) is 12.5. The number of amides is 2. The molecule has 0 bridgehead atoms. The lowest BCUT2D eigenvalue weighted by molar-refractivity contribution is 0.102. The summed E-state index contributed by atoms with van der Waals surface area (Å²) in [6.07, 6.45) is 3.07. The Balaban J connectivity index is 1.59. The standard InChI is InChI=1S/C16H17FN4O2/c17-13-6-1-2-7-14(13)19-16(22)21-10-4-5-12(11-21)23-15-8-3-9-18-20-15/h1-3,6-9,12H,4-5,10-11H2,(H,19,22). The Kier molecular flexibility index (Phi) is 4.65. The Morgan fingerprint density at radius 2 is 2.17 bits per heavy atom. The third-order valence-corrected chi connectivity index (χ3v) is 3.62. The molecule has 1 unspecified atom stereocenters. The summed E-state index contributed by atoms with van der Waals surface area (Å²) in [5.74, 6) is -0.0147. The molecule has 1 aromatic carbocycles. The van der Waals surface area contributed by atoms with Crippen molar-refractivity contribution in [2.24, 2.45) is 0 Å². The fourth-order valence-corrected chi connectivity index (χ4v) is 2.50. The van der Waals surface area contributed by atoms with Crippen LogP contribution in [0.2, 0.25) is 0 Å². The summed E-state index contributed by atoms with van der Waals surface area (Å²) in [6.45, 7) is 1.04. The molecular formula is C16H17FN4O2. The number of carbonyl (C=O) groups excluding carboxylic acids is 1. The number of ether oxygens (including phenoxy) is 1. The smallest absolute Gasteiger partial charge is 0.322 e. The molecule has 1 aromatic heterocycles. The average Bonchev–Trinajstić information content (AvgIpc) is 2.58. The van der Waals surface area contributed by atoms with Crippen LogP contribution in [0.5, 0.6) is 5.88 Å². The van der Waals surface area contributed by atoms with Gasteiger partial charge in [-0.15, -0.1) is 5.10 Å². The number of para-hydroxylation sites is 1. The van der Waals surface area contributed by atoms with E-state index in [4.69, 9.17) is 4.74 Å². The largest absolute Gasteiger partial charge is 0.471 e. The molecule has 2 amide bonds. The Morgan fingerprint density at radius 3 is 2.96 bits per heavy atom. The highest BCUT2D eigenvalue weighted by atomic mass is 19.1. The summed E-state index contributed by atoms with van der Waals surface area (Å²) < 4.78 is 19.3. The highest BCUT2D eigenvalue weighted by molar-refractivity contribution is 5.89. The quantitative estimate of drug-likeness (QED) is 0.945. The normalized spacial score (nSPS) is 17.6. The molecule has 2 aromatic rings. The van der Waals surface area contributed by atoms with Crippen LogP contribution in [-0.2, 0) is 0 Å². The minimum Gasteiger partial charge on any atom is -0.471 e. The van der Waals surface area contributed by atoms with Crippen molar-refractivity contribution in [1.82, 2.24) is 15.1 Å². The third-order valence-electron chi connectivity index (χ3n) is 3.62. The zero-order valence-corrected chi connectivity index (χ0v) is 12.5. The number of rotatable bonds is 3. The van der Waals surface area contributed by atoms with Crippen LogP contribution >= 0.6 is 0 Å². The second-order valence-corrected chi connectivity index (χ2v) is 5.30. The molecule has 7 heteroatoms. The van der Waals surface area contributed by atoms with Crippen LogP contribution in [0, 0.1) is 5.82 Å². The Bertz CT molecular complexity index is 668. The van der Waals surface area contributed by atoms with E-state index in [1.54, 1.807) is 35.4 Å². The monoisotopic (exact) mass is 316 g/mol. The van der Waals surface area contributed by atoms with Crippen molar-refractivity contribution in [3.8, 4) is 5.88 Å². The number of nitrogens with zero attached hydrogens (tertiary/aromatic N) is 3. The number of carbonyl (C=O) groups is 1. The maximum Gasteiger partial charge on any atom is 0.322 e. The van der Waals surface area contributed by atoms with Gasteiger partial charge in [-0.3, -0.25) is 0 Å². The van der Waals surface area contributed by atoms with Gasteiger partial charge in [0, 0.05) is 18.8 Å². The maximum absolute atomic E-state index is 13.6. The van der Waals surface area contributed by atoms with Gasteiger partial charge >= 0.3 is 6.03 Å². The Hall–Kier alpha value is -2.70. The van der Waals surface area contributed by atoms with E-state index in [9.17, 15) is 9.18 Å². The van der Waals surface area contributed by atoms with Crippen LogP contribution in [0.15, 0.2) is 42.6 Å². The first-order chi connectivity index (χ1) is 11.2. The molecule has 2 heterocycles. The van der Waals surface area contributed by atoms with Gasteiger partial charge < -0.3 is 15.0 Å². The van der Waals surface area contributed by atoms with Crippen molar-refractivity contribution in [2.45, 2.75) is 18.9 Å². The maximum atomic E-state index is 13.6. The number of likely N-dealkylation sites (tertiary alicyclic amines) is 1. The molecule has 1 aliphatic rings. The number of hydrogen-bond donors (Lipinski definition) is 1. The lowest BCUT2D eigenvalue weighted by Crippen LogP contribution is -2.46. The molecule has 6 nitrogen and oxygen atoms in total. The van der Waals surface area contributed by atoms with Crippen molar-refractivity contribution >= 4 is 11.7 Å². The van der Waals surface area contributed by atoms with Gasteiger partial charge in [0.1, 0.15) is 11.9 Å². The zero-order chi connectivity index (χ0) is 16.1. The molecule has 0 saturated carbocycles. The van der Waals surface area contributed by atoms with Crippen LogP contribution in [0.4, 0.5) is 14.9 Å². The molecule has 0 aliphatic carbocycles. The third kappa shape index (κ3) is 3.94. The van der Waals surface area contributed by atoms with Crippen LogP contribution in [0.25, 0.3) is 0 Å². The number of piperidine rings is 1. The van der Waals surface area contributed by atoms with E-state index < -0.39 is 5.82 Å². The molecule has 0 spiro atoms. The van der Waals surface area contributed by atoms with E-state index >= 15 is 0 Å². The molecule has 120 valence electrons. The summed E-state index contributed by atoms with van der Waals surface area (Å²) in [5.41, 5.74) is 0.175. The molecule has 3 rings (SSSR count). The highest BCUT2D eigenvalue weighted by Gasteiger charge is 2.25. The van der Waals surface area contributed by atoms with E-state index in [2.05, 4.69) is 15.5 Å². The fraction of sp³-hybridized carbons (Fsp3) is 0.312. The van der Waals surface area contributed by atoms with Gasteiger partial charge in [0.05, 0.1) is 12.2 Å². The molecule has 1 atom stereocenters. The molecule has 1 saturated heterocycles. The van der Waals surface area contributed by atoms with Gasteiger partial charge in [-0.1, -0.05) is 12.1 Å². The predicted molar refractivity (Wildman–Crippen MR) is 82.7 cm³/mol. The second-order valence-electron chi connectivity index (χ2n) is 5.30. The molecule has 23 heavy (non-hydrogen) atoms. The molecule has 1 fully saturated rings. The van der Waals surface area contributed by atoms with E-state index in [1.165, 1.54) is 12.1 Å². The average molecular weight is 316 g/mol. The summed E-state index contributed by atoms with van der Waals surface area (Å²) in [6, 6.07) is 9.24. The van der Waals surface area contributed by atoms with Gasteiger partial charge in [0.25, 0.3) is 0 Å². The predicted octanol–water partition coefficient (Wildman–Crippen LogP) is 2.69. The topological polar surface area (TPSA) is 67.4 Å². The van der Waals surface area contributed by atoms with Crippen molar-refractivity contribution < 1.29 is 13.9 Å². The van der Waals surface area contributed by atoms with E-state index in [1.807, 2.05) is 0 Å². The summed E-state index contributed by atoms with van der Waals surface area (Å²) in [4.78, 5) is 13.9. The summed E-state index contributed by atoms with van der Waals surface area (Å²) >= 11 is 0. The van der Waals surface area contributed by atoms with Crippen LogP contribution < -0.4 is 10.1 Å². The molecule has 0 radical (unpaired) electrons. The van der Waals surface area contributed by atoms with Crippen LogP contribution in [0.1, 0.15) is 12.8 Å². The Morgan fingerprint density at radius 1 is 1.30 bits per heavy atom. The molecule has 1 N–H and O–H groups in total. The van der Waals surface area contributed by atoms with Crippen molar-refractivity contribution in [1.29, 1.82) is 0 Å². The number of halogens is 1. The van der Waals surface area contributed by atoms with Crippen molar-refractivity contribution in [2.75, 3.05) is 18.4 Å². The highest BCUT2D eigenvalue weighted by Crippen LogP contribution is 2.18. The SMILES string of the molecule is O=C(Nc1ccccc1F)N1CCCC(Oc2cccnn2)C1. The number of benzene rings is 1. The first-order valence-corrected chi connectivity index (χ1v) is 7.47. The first kappa shape index (κ1) is 15.2. The second kappa shape index (κ2) is 7.04. The first-order valence-electron chi connectivity index (χ1n) is 7.47. The molecule has 1 aliphatic heterocycles. The van der Waals surface area contributed by atoms with Gasteiger partial charge in [-0.05, 0) is 31.0 Å². The van der Waals surface area contributed by atoms with Gasteiger partial charge in [0.2, 0.25) is 5.88 Å². The lowest BCUT2D eigenvalue weighted by atomic mass is 10.1.